The lowest BCUT2D eigenvalue weighted by molar-refractivity contribution is -0.151. The van der Waals surface area contributed by atoms with Gasteiger partial charge in [0.2, 0.25) is 11.8 Å². The highest BCUT2D eigenvalue weighted by molar-refractivity contribution is 6.05. The molecule has 1 N–H and O–H groups in total. The Labute approximate surface area is 106 Å². The summed E-state index contributed by atoms with van der Waals surface area (Å²) in [6.45, 7) is 3.48. The summed E-state index contributed by atoms with van der Waals surface area (Å²) < 4.78 is 0. The van der Waals surface area contributed by atoms with Gasteiger partial charge < -0.3 is 5.11 Å². The Morgan fingerprint density at radius 1 is 1.11 bits per heavy atom. The van der Waals surface area contributed by atoms with E-state index in [1.54, 1.807) is 13.8 Å². The summed E-state index contributed by atoms with van der Waals surface area (Å²) >= 11 is 0. The fraction of sp³-hybridized carbons (Fsp3) is 0.769. The molecule has 4 atom stereocenters. The molecule has 0 aromatic rings. The van der Waals surface area contributed by atoms with Crippen molar-refractivity contribution in [3.63, 3.8) is 0 Å². The molecule has 5 nitrogen and oxygen atoms in total. The van der Waals surface area contributed by atoms with Crippen molar-refractivity contribution >= 4 is 17.8 Å². The van der Waals surface area contributed by atoms with Gasteiger partial charge in [-0.15, -0.1) is 0 Å². The monoisotopic (exact) mass is 253 g/mol. The number of rotatable bonds is 2. The van der Waals surface area contributed by atoms with Crippen molar-refractivity contribution < 1.29 is 19.5 Å². The number of aliphatic carboxylic acids is 1. The third-order valence-corrected chi connectivity index (χ3v) is 4.38. The lowest BCUT2D eigenvalue weighted by Crippen LogP contribution is -2.48. The highest BCUT2D eigenvalue weighted by atomic mass is 16.4. The highest BCUT2D eigenvalue weighted by Crippen LogP contribution is 2.35. The Morgan fingerprint density at radius 2 is 1.61 bits per heavy atom. The number of carboxylic acids is 1. The number of hydrogen-bond acceptors (Lipinski definition) is 3. The second kappa shape index (κ2) is 4.71. The Kier molecular flexibility index (Phi) is 3.41. The van der Waals surface area contributed by atoms with Gasteiger partial charge in [0.1, 0.15) is 0 Å². The molecule has 5 heteroatoms. The van der Waals surface area contributed by atoms with Crippen LogP contribution in [0.3, 0.4) is 0 Å². The molecule has 1 aliphatic carbocycles. The Balaban J connectivity index is 2.26. The first-order valence-electron chi connectivity index (χ1n) is 6.55. The van der Waals surface area contributed by atoms with Crippen LogP contribution in [0.25, 0.3) is 0 Å². The minimum atomic E-state index is -0.896. The number of hydrogen-bond donors (Lipinski definition) is 1. The van der Waals surface area contributed by atoms with Crippen molar-refractivity contribution in [2.24, 2.45) is 17.8 Å². The third-order valence-electron chi connectivity index (χ3n) is 4.38. The molecule has 2 aliphatic rings. The van der Waals surface area contributed by atoms with Gasteiger partial charge in [-0.2, -0.15) is 0 Å². The molecule has 1 aliphatic heterocycles. The smallest absolute Gasteiger partial charge is 0.308 e. The van der Waals surface area contributed by atoms with Crippen LogP contribution in [0.4, 0.5) is 0 Å². The molecular formula is C13H19NO4. The topological polar surface area (TPSA) is 74.7 Å². The van der Waals surface area contributed by atoms with Crippen LogP contribution in [0.5, 0.6) is 0 Å². The summed E-state index contributed by atoms with van der Waals surface area (Å²) in [6, 6.07) is -0.441. The van der Waals surface area contributed by atoms with Gasteiger partial charge in [-0.05, 0) is 12.8 Å². The predicted octanol–water partition coefficient (Wildman–Crippen LogP) is 1.27. The fourth-order valence-corrected chi connectivity index (χ4v) is 3.01. The van der Waals surface area contributed by atoms with Crippen molar-refractivity contribution in [1.29, 1.82) is 0 Å². The lowest BCUT2D eigenvalue weighted by atomic mass is 9.83. The number of carbonyl (C=O) groups excluding carboxylic acids is 2. The molecule has 2 fully saturated rings. The fourth-order valence-electron chi connectivity index (χ4n) is 3.01. The van der Waals surface area contributed by atoms with E-state index in [0.29, 0.717) is 12.8 Å². The first-order valence-corrected chi connectivity index (χ1v) is 6.55. The summed E-state index contributed by atoms with van der Waals surface area (Å²) in [7, 11) is 0. The van der Waals surface area contributed by atoms with Crippen LogP contribution in [-0.2, 0) is 14.4 Å². The summed E-state index contributed by atoms with van der Waals surface area (Å²) in [4.78, 5) is 36.7. The second-order valence-electron chi connectivity index (χ2n) is 5.42. The van der Waals surface area contributed by atoms with Crippen molar-refractivity contribution in [2.45, 2.75) is 45.6 Å². The predicted molar refractivity (Wildman–Crippen MR) is 63.6 cm³/mol. The van der Waals surface area contributed by atoms with Crippen LogP contribution in [-0.4, -0.2) is 33.8 Å². The zero-order valence-electron chi connectivity index (χ0n) is 10.8. The van der Waals surface area contributed by atoms with Crippen LogP contribution in [0, 0.1) is 17.8 Å². The third kappa shape index (κ3) is 1.91. The standard InChI is InChI=1S/C13H19NO4/c1-7-8(2)12(16)14(11(7)15)10-6-4-3-5-9(10)13(17)18/h7-10H,3-6H2,1-2H3,(H,17,18). The number of nitrogens with zero attached hydrogens (tertiary/aromatic N) is 1. The Morgan fingerprint density at radius 3 is 2.11 bits per heavy atom. The van der Waals surface area contributed by atoms with Gasteiger partial charge in [-0.1, -0.05) is 26.7 Å². The van der Waals surface area contributed by atoms with Crippen molar-refractivity contribution in [3.8, 4) is 0 Å². The maximum atomic E-state index is 12.1. The minimum absolute atomic E-state index is 0.203. The second-order valence-corrected chi connectivity index (χ2v) is 5.42. The Hall–Kier alpha value is -1.39. The molecule has 0 aromatic carbocycles. The van der Waals surface area contributed by atoms with E-state index in [1.807, 2.05) is 0 Å². The number of carboxylic acid groups (broad SMARTS) is 1. The summed E-state index contributed by atoms with van der Waals surface area (Å²) in [5.74, 6) is -2.55. The maximum Gasteiger partial charge on any atom is 0.308 e. The van der Waals surface area contributed by atoms with E-state index in [9.17, 15) is 19.5 Å². The van der Waals surface area contributed by atoms with Crippen LogP contribution in [0.1, 0.15) is 39.5 Å². The van der Waals surface area contributed by atoms with E-state index in [-0.39, 0.29) is 23.7 Å². The zero-order chi connectivity index (χ0) is 13.4. The minimum Gasteiger partial charge on any atom is -0.481 e. The van der Waals surface area contributed by atoms with E-state index >= 15 is 0 Å². The van der Waals surface area contributed by atoms with E-state index < -0.39 is 17.9 Å². The molecule has 1 saturated heterocycles. The van der Waals surface area contributed by atoms with E-state index in [4.69, 9.17) is 0 Å². The largest absolute Gasteiger partial charge is 0.481 e. The van der Waals surface area contributed by atoms with Gasteiger partial charge in [-0.3, -0.25) is 19.3 Å². The van der Waals surface area contributed by atoms with Gasteiger partial charge in [0.25, 0.3) is 0 Å². The van der Waals surface area contributed by atoms with Crippen LogP contribution >= 0.6 is 0 Å². The van der Waals surface area contributed by atoms with Crippen molar-refractivity contribution in [1.82, 2.24) is 4.90 Å². The molecule has 0 aromatic heterocycles. The van der Waals surface area contributed by atoms with Gasteiger partial charge in [-0.25, -0.2) is 0 Å². The molecule has 4 unspecified atom stereocenters. The quantitative estimate of drug-likeness (QED) is 0.752. The van der Waals surface area contributed by atoms with Gasteiger partial charge in [0, 0.05) is 11.8 Å². The number of amides is 2. The summed E-state index contributed by atoms with van der Waals surface area (Å²) in [5.41, 5.74) is 0. The van der Waals surface area contributed by atoms with Crippen LogP contribution < -0.4 is 0 Å². The summed E-state index contributed by atoms with van der Waals surface area (Å²) in [6.07, 6.45) is 2.91. The molecular weight excluding hydrogens is 234 g/mol. The molecule has 1 saturated carbocycles. The molecule has 100 valence electrons. The Bertz CT molecular complexity index is 372. The first kappa shape index (κ1) is 13.1. The van der Waals surface area contributed by atoms with E-state index in [1.165, 1.54) is 4.90 Å². The highest BCUT2D eigenvalue weighted by Gasteiger charge is 2.49. The average molecular weight is 253 g/mol. The molecule has 0 radical (unpaired) electrons. The zero-order valence-corrected chi connectivity index (χ0v) is 10.8. The van der Waals surface area contributed by atoms with Gasteiger partial charge in [0.05, 0.1) is 12.0 Å². The molecule has 18 heavy (non-hydrogen) atoms. The number of imide groups is 1. The summed E-state index contributed by atoms with van der Waals surface area (Å²) in [5, 5.41) is 9.22. The molecule has 0 bridgehead atoms. The van der Waals surface area contributed by atoms with Crippen LogP contribution in [0.15, 0.2) is 0 Å². The first-order chi connectivity index (χ1) is 8.45. The SMILES string of the molecule is CC1C(=O)N(C2CCCCC2C(=O)O)C(=O)C1C. The van der Waals surface area contributed by atoms with E-state index in [0.717, 1.165) is 12.8 Å². The van der Waals surface area contributed by atoms with Gasteiger partial charge in [0.15, 0.2) is 0 Å². The van der Waals surface area contributed by atoms with E-state index in [2.05, 4.69) is 0 Å². The number of likely N-dealkylation sites (tertiary alicyclic amines) is 1. The van der Waals surface area contributed by atoms with Crippen LogP contribution in [0.2, 0.25) is 0 Å². The molecule has 1 heterocycles. The molecule has 2 rings (SSSR count). The van der Waals surface area contributed by atoms with Gasteiger partial charge >= 0.3 is 5.97 Å². The molecule has 0 spiro atoms. The van der Waals surface area contributed by atoms with Crippen molar-refractivity contribution in [2.75, 3.05) is 0 Å². The van der Waals surface area contributed by atoms with Crippen molar-refractivity contribution in [3.05, 3.63) is 0 Å². The number of carbonyl (C=O) groups is 3. The lowest BCUT2D eigenvalue weighted by Gasteiger charge is -2.34. The average Bonchev–Trinajstić information content (AvgIpc) is 2.54. The normalized spacial score (nSPS) is 37.1. The molecule has 2 amide bonds. The maximum absolute atomic E-state index is 12.1.